The van der Waals surface area contributed by atoms with E-state index in [9.17, 15) is 26.4 Å². The maximum atomic E-state index is 13.2. The lowest BCUT2D eigenvalue weighted by Gasteiger charge is -2.29. The van der Waals surface area contributed by atoms with Crippen molar-refractivity contribution < 1.29 is 26.4 Å². The number of amides is 2. The average Bonchev–Trinajstić information content (AvgIpc) is 4.01. The van der Waals surface area contributed by atoms with Crippen LogP contribution in [0, 0.1) is 0 Å². The molecule has 6 heterocycles. The number of nitrogens with zero attached hydrogens (tertiary/aromatic N) is 4. The molecule has 0 spiro atoms. The van der Waals surface area contributed by atoms with Gasteiger partial charge in [0, 0.05) is 68.2 Å². The highest BCUT2D eigenvalue weighted by Crippen LogP contribution is 2.29. The second-order valence-corrected chi connectivity index (χ2v) is 21.7. The summed E-state index contributed by atoms with van der Waals surface area (Å²) in [6, 6.07) is 36.4. The number of benzene rings is 4. The Morgan fingerprint density at radius 3 is 1.61 bits per heavy atom. The third-order valence-corrected chi connectivity index (χ3v) is 16.9. The number of carbonyl (C=O) groups excluding carboxylic acids is 2. The molecule has 0 bridgehead atoms. The molecule has 1 aliphatic heterocycles. The van der Waals surface area contributed by atoms with Gasteiger partial charge in [0.1, 0.15) is 0 Å². The molecule has 0 radical (unpaired) electrons. The zero-order valence-corrected chi connectivity index (χ0v) is 38.6. The molecule has 332 valence electrons. The van der Waals surface area contributed by atoms with Crippen LogP contribution in [0.25, 0.3) is 31.1 Å². The summed E-state index contributed by atoms with van der Waals surface area (Å²) in [5.41, 5.74) is 3.34. The standard InChI is InChI=1S/C26H25N3O3S2.C24H17N3O3S2/c30-26(24-15-20-11-12-27-18-25(20)33-24)28-17-19-7-9-22(10-8-19)34(31,32)23-6-4-5-21(16-23)29-13-2-1-3-14-29;28-24(22-13-18-9-11-25-15-23(18)31-22)27-14-16-3-5-19(6-4-16)32(29,30)20-7-8-21-17(12-20)2-1-10-26-21/h4-12,15-16,18H,1-3,13-14,17H2,(H,28,30);1-13,15H,14H2,(H,27,28). The summed E-state index contributed by atoms with van der Waals surface area (Å²) in [4.78, 5) is 41.9. The summed E-state index contributed by atoms with van der Waals surface area (Å²) in [6.45, 7) is 2.54. The van der Waals surface area contributed by atoms with Gasteiger partial charge in [0.25, 0.3) is 11.8 Å². The van der Waals surface area contributed by atoms with E-state index in [4.69, 9.17) is 0 Å². The number of thiophene rings is 2. The lowest BCUT2D eigenvalue weighted by Crippen LogP contribution is -2.29. The van der Waals surface area contributed by atoms with Crippen molar-refractivity contribution in [3.05, 3.63) is 179 Å². The van der Waals surface area contributed by atoms with Crippen LogP contribution in [-0.4, -0.2) is 56.7 Å². The number of piperidine rings is 1. The highest BCUT2D eigenvalue weighted by Gasteiger charge is 2.21. The lowest BCUT2D eigenvalue weighted by atomic mass is 10.1. The van der Waals surface area contributed by atoms with E-state index in [-0.39, 0.29) is 26.5 Å². The van der Waals surface area contributed by atoms with E-state index in [1.807, 2.05) is 42.5 Å². The molecule has 1 aliphatic rings. The number of pyridine rings is 3. The molecular weight excluding hydrogens is 909 g/mol. The molecule has 0 unspecified atom stereocenters. The monoisotopic (exact) mass is 950 g/mol. The molecule has 2 amide bonds. The van der Waals surface area contributed by atoms with Crippen LogP contribution in [0.5, 0.6) is 0 Å². The van der Waals surface area contributed by atoms with Crippen molar-refractivity contribution in [2.24, 2.45) is 0 Å². The molecule has 1 saturated heterocycles. The third-order valence-electron chi connectivity index (χ3n) is 11.2. The van der Waals surface area contributed by atoms with Crippen molar-refractivity contribution in [1.29, 1.82) is 0 Å². The number of hydrogen-bond donors (Lipinski definition) is 2. The number of anilines is 1. The lowest BCUT2D eigenvalue weighted by molar-refractivity contribution is 0.0947. The summed E-state index contributed by atoms with van der Waals surface area (Å²) < 4.78 is 54.4. The van der Waals surface area contributed by atoms with Crippen molar-refractivity contribution in [1.82, 2.24) is 25.6 Å². The topological polar surface area (TPSA) is 168 Å². The fourth-order valence-corrected chi connectivity index (χ4v) is 12.1. The SMILES string of the molecule is O=C(NCc1ccc(S(=O)(=O)c2ccc3ncccc3c2)cc1)c1cc2ccncc2s1.O=C(NCc1ccc(S(=O)(=O)c2cccc(N3CCCCC3)c2)cc1)c1cc2ccncc2s1. The second-order valence-electron chi connectivity index (χ2n) is 15.6. The summed E-state index contributed by atoms with van der Waals surface area (Å²) in [6.07, 6.45) is 12.1. The van der Waals surface area contributed by atoms with Crippen LogP contribution in [0.1, 0.15) is 49.7 Å². The zero-order valence-electron chi connectivity index (χ0n) is 35.3. The Bertz CT molecular complexity index is 3380. The highest BCUT2D eigenvalue weighted by atomic mass is 32.2. The van der Waals surface area contributed by atoms with Crippen molar-refractivity contribution in [3.8, 4) is 0 Å². The predicted molar refractivity (Wildman–Crippen MR) is 260 cm³/mol. The van der Waals surface area contributed by atoms with E-state index in [0.717, 1.165) is 73.8 Å². The molecule has 0 atom stereocenters. The first-order chi connectivity index (χ1) is 32.0. The molecule has 12 nitrogen and oxygen atoms in total. The maximum Gasteiger partial charge on any atom is 0.261 e. The Kier molecular flexibility index (Phi) is 13.0. The van der Waals surface area contributed by atoms with Gasteiger partial charge in [0.2, 0.25) is 19.7 Å². The van der Waals surface area contributed by atoms with Gasteiger partial charge in [-0.05, 0) is 132 Å². The average molecular weight is 951 g/mol. The Labute approximate surface area is 389 Å². The first kappa shape index (κ1) is 44.4. The quantitative estimate of drug-likeness (QED) is 0.127. The van der Waals surface area contributed by atoms with Crippen molar-refractivity contribution in [2.45, 2.75) is 51.9 Å². The van der Waals surface area contributed by atoms with Crippen LogP contribution in [0.3, 0.4) is 0 Å². The van der Waals surface area contributed by atoms with Gasteiger partial charge in [0.15, 0.2) is 0 Å². The van der Waals surface area contributed by atoms with E-state index < -0.39 is 19.7 Å². The summed E-state index contributed by atoms with van der Waals surface area (Å²) in [5.74, 6) is -0.333. The first-order valence-electron chi connectivity index (χ1n) is 21.1. The van der Waals surface area contributed by atoms with E-state index in [1.54, 1.807) is 116 Å². The molecule has 0 saturated carbocycles. The predicted octanol–water partition coefficient (Wildman–Crippen LogP) is 9.66. The molecule has 5 aromatic heterocycles. The molecular formula is C50H42N6O6S4. The molecule has 16 heteroatoms. The zero-order chi connectivity index (χ0) is 45.7. The number of rotatable bonds is 11. The van der Waals surface area contributed by atoms with Crippen LogP contribution in [0.2, 0.25) is 0 Å². The Morgan fingerprint density at radius 1 is 0.530 bits per heavy atom. The number of sulfone groups is 2. The van der Waals surface area contributed by atoms with Crippen LogP contribution in [0.15, 0.2) is 178 Å². The van der Waals surface area contributed by atoms with Crippen LogP contribution in [0.4, 0.5) is 5.69 Å². The third kappa shape index (κ3) is 9.86. The van der Waals surface area contributed by atoms with Gasteiger partial charge in [0.05, 0.1) is 44.3 Å². The van der Waals surface area contributed by atoms with Crippen LogP contribution in [-0.2, 0) is 32.8 Å². The Hall–Kier alpha value is -6.85. The molecule has 66 heavy (non-hydrogen) atoms. The van der Waals surface area contributed by atoms with Gasteiger partial charge in [-0.2, -0.15) is 0 Å². The summed E-state index contributed by atoms with van der Waals surface area (Å²) in [7, 11) is -7.28. The van der Waals surface area contributed by atoms with Gasteiger partial charge in [-0.3, -0.25) is 24.5 Å². The molecule has 10 rings (SSSR count). The number of hydrogen-bond acceptors (Lipinski definition) is 12. The number of aromatic nitrogens is 3. The first-order valence-corrected chi connectivity index (χ1v) is 25.7. The summed E-state index contributed by atoms with van der Waals surface area (Å²) in [5, 5.41) is 8.53. The van der Waals surface area contributed by atoms with E-state index in [1.165, 1.54) is 29.1 Å². The molecule has 1 fully saturated rings. The number of nitrogens with one attached hydrogen (secondary N) is 2. The van der Waals surface area contributed by atoms with Gasteiger partial charge in [-0.15, -0.1) is 22.7 Å². The van der Waals surface area contributed by atoms with Crippen molar-refractivity contribution >= 4 is 90.9 Å². The second kappa shape index (κ2) is 19.3. The molecule has 0 aliphatic carbocycles. The normalized spacial score (nSPS) is 13.0. The molecule has 2 N–H and O–H groups in total. The Morgan fingerprint density at radius 2 is 1.06 bits per heavy atom. The van der Waals surface area contributed by atoms with Crippen LogP contribution < -0.4 is 15.5 Å². The van der Waals surface area contributed by atoms with Crippen LogP contribution >= 0.6 is 22.7 Å². The smallest absolute Gasteiger partial charge is 0.261 e. The van der Waals surface area contributed by atoms with E-state index in [2.05, 4.69) is 30.5 Å². The van der Waals surface area contributed by atoms with Gasteiger partial charge < -0.3 is 15.5 Å². The van der Waals surface area contributed by atoms with Crippen molar-refractivity contribution in [2.75, 3.05) is 18.0 Å². The number of carbonyl (C=O) groups is 2. The van der Waals surface area contributed by atoms with Gasteiger partial charge in [-0.1, -0.05) is 36.4 Å². The van der Waals surface area contributed by atoms with Crippen molar-refractivity contribution in [3.63, 3.8) is 0 Å². The minimum Gasteiger partial charge on any atom is -0.372 e. The fraction of sp³-hybridized carbons (Fsp3) is 0.140. The number of fused-ring (bicyclic) bond motifs is 3. The Balaban J connectivity index is 0.000000166. The van der Waals surface area contributed by atoms with E-state index in [0.29, 0.717) is 27.7 Å². The maximum absolute atomic E-state index is 13.2. The minimum absolute atomic E-state index is 0.160. The fourth-order valence-electron chi connectivity index (χ4n) is 7.60. The van der Waals surface area contributed by atoms with Gasteiger partial charge in [-0.25, -0.2) is 16.8 Å². The molecule has 9 aromatic rings. The minimum atomic E-state index is -3.66. The molecule has 4 aromatic carbocycles. The van der Waals surface area contributed by atoms with Gasteiger partial charge >= 0.3 is 0 Å². The largest absolute Gasteiger partial charge is 0.372 e. The van der Waals surface area contributed by atoms with E-state index >= 15 is 0 Å². The summed E-state index contributed by atoms with van der Waals surface area (Å²) >= 11 is 2.78. The highest BCUT2D eigenvalue weighted by molar-refractivity contribution is 7.91.